The summed E-state index contributed by atoms with van der Waals surface area (Å²) in [5, 5.41) is 11.5. The smallest absolute Gasteiger partial charge is 0.326 e. The second kappa shape index (κ2) is 6.71. The highest BCUT2D eigenvalue weighted by Crippen LogP contribution is 2.17. The highest BCUT2D eigenvalue weighted by Gasteiger charge is 2.33. The number of carbonyl (C=O) groups excluding carboxylic acids is 2. The van der Waals surface area contributed by atoms with Crippen LogP contribution in [-0.2, 0) is 9.59 Å². The summed E-state index contributed by atoms with van der Waals surface area (Å²) in [5.74, 6) is -1.73. The molecule has 2 rings (SSSR count). The van der Waals surface area contributed by atoms with E-state index in [1.807, 2.05) is 0 Å². The second-order valence-electron chi connectivity index (χ2n) is 4.77. The molecular weight excluding hydrogens is 340 g/mol. The van der Waals surface area contributed by atoms with E-state index in [4.69, 9.17) is 5.11 Å². The van der Waals surface area contributed by atoms with Gasteiger partial charge in [-0.3, -0.25) is 9.59 Å². The number of hydrogen-bond acceptors (Lipinski definition) is 3. The summed E-state index contributed by atoms with van der Waals surface area (Å²) in [6, 6.07) is 5.97. The van der Waals surface area contributed by atoms with Gasteiger partial charge in [-0.05, 0) is 37.1 Å². The highest BCUT2D eigenvalue weighted by molar-refractivity contribution is 9.10. The predicted molar refractivity (Wildman–Crippen MR) is 78.8 cm³/mol. The maximum atomic E-state index is 12.0. The van der Waals surface area contributed by atoms with Crippen LogP contribution in [0, 0.1) is 0 Å². The topological polar surface area (TPSA) is 86.7 Å². The molecule has 0 aliphatic carbocycles. The largest absolute Gasteiger partial charge is 0.480 e. The van der Waals surface area contributed by atoms with E-state index in [0.717, 1.165) is 4.47 Å². The maximum absolute atomic E-state index is 12.0. The fraction of sp³-hybridized carbons (Fsp3) is 0.357. The van der Waals surface area contributed by atoms with E-state index in [1.165, 1.54) is 4.90 Å². The average Bonchev–Trinajstić information content (AvgIpc) is 2.95. The molecule has 1 aromatic carbocycles. The van der Waals surface area contributed by atoms with Crippen LogP contribution in [0.4, 0.5) is 0 Å². The molecule has 1 aliphatic rings. The molecule has 112 valence electrons. The number of benzene rings is 1. The van der Waals surface area contributed by atoms with Gasteiger partial charge in [-0.15, -0.1) is 0 Å². The van der Waals surface area contributed by atoms with E-state index in [1.54, 1.807) is 24.3 Å². The van der Waals surface area contributed by atoms with Gasteiger partial charge in [-0.2, -0.15) is 0 Å². The molecule has 1 atom stereocenters. The summed E-state index contributed by atoms with van der Waals surface area (Å²) in [6.45, 7) is 0.225. The summed E-state index contributed by atoms with van der Waals surface area (Å²) < 4.78 is 0.858. The number of halogens is 1. The number of aliphatic carboxylic acids is 1. The SMILES string of the molecule is O=C(NCC(=O)N1CCC[C@H]1C(=O)O)c1ccc(Br)cc1. The van der Waals surface area contributed by atoms with Crippen molar-refractivity contribution in [1.82, 2.24) is 10.2 Å². The number of amides is 2. The van der Waals surface area contributed by atoms with Crippen molar-refractivity contribution >= 4 is 33.7 Å². The standard InChI is InChI=1S/C14H15BrN2O4/c15-10-5-3-9(4-6-10)13(19)16-8-12(18)17-7-1-2-11(17)14(20)21/h3-6,11H,1-2,7-8H2,(H,16,19)(H,20,21)/t11-/m0/s1. The molecule has 1 saturated heterocycles. The summed E-state index contributed by atoms with van der Waals surface area (Å²) in [7, 11) is 0. The Kier molecular flexibility index (Phi) is 4.95. The first-order chi connectivity index (χ1) is 9.99. The Morgan fingerprint density at radius 3 is 2.57 bits per heavy atom. The molecule has 1 aliphatic heterocycles. The first-order valence-electron chi connectivity index (χ1n) is 6.55. The van der Waals surface area contributed by atoms with Crippen LogP contribution >= 0.6 is 15.9 Å². The fourth-order valence-electron chi connectivity index (χ4n) is 2.28. The lowest BCUT2D eigenvalue weighted by atomic mass is 10.2. The van der Waals surface area contributed by atoms with Gasteiger partial charge in [0.15, 0.2) is 0 Å². The zero-order chi connectivity index (χ0) is 15.4. The van der Waals surface area contributed by atoms with E-state index in [-0.39, 0.29) is 18.4 Å². The Balaban J connectivity index is 1.90. The minimum absolute atomic E-state index is 0.196. The van der Waals surface area contributed by atoms with Gasteiger partial charge in [0.1, 0.15) is 6.04 Å². The molecule has 2 N–H and O–H groups in total. The van der Waals surface area contributed by atoms with Gasteiger partial charge in [0.05, 0.1) is 6.54 Å². The van der Waals surface area contributed by atoms with E-state index >= 15 is 0 Å². The van der Waals surface area contributed by atoms with Crippen molar-refractivity contribution in [3.63, 3.8) is 0 Å². The average molecular weight is 355 g/mol. The van der Waals surface area contributed by atoms with Crippen LogP contribution < -0.4 is 5.32 Å². The first kappa shape index (κ1) is 15.5. The predicted octanol–water partition coefficient (Wildman–Crippen LogP) is 1.25. The van der Waals surface area contributed by atoms with Gasteiger partial charge in [-0.25, -0.2) is 4.79 Å². The molecule has 1 aromatic rings. The maximum Gasteiger partial charge on any atom is 0.326 e. The zero-order valence-corrected chi connectivity index (χ0v) is 12.8. The third-order valence-corrected chi connectivity index (χ3v) is 3.89. The molecule has 6 nitrogen and oxygen atoms in total. The number of likely N-dealkylation sites (tertiary alicyclic amines) is 1. The fourth-order valence-corrected chi connectivity index (χ4v) is 2.55. The first-order valence-corrected chi connectivity index (χ1v) is 7.34. The number of nitrogens with zero attached hydrogens (tertiary/aromatic N) is 1. The van der Waals surface area contributed by atoms with E-state index in [9.17, 15) is 14.4 Å². The molecule has 21 heavy (non-hydrogen) atoms. The molecule has 7 heteroatoms. The van der Waals surface area contributed by atoms with Crippen molar-refractivity contribution in [1.29, 1.82) is 0 Å². The minimum atomic E-state index is -1.000. The van der Waals surface area contributed by atoms with Crippen LogP contribution in [0.1, 0.15) is 23.2 Å². The molecular formula is C14H15BrN2O4. The highest BCUT2D eigenvalue weighted by atomic mass is 79.9. The summed E-state index contributed by atoms with van der Waals surface area (Å²) >= 11 is 3.27. The second-order valence-corrected chi connectivity index (χ2v) is 5.69. The normalized spacial score (nSPS) is 17.6. The Hall–Kier alpha value is -1.89. The van der Waals surface area contributed by atoms with Crippen molar-refractivity contribution in [3.8, 4) is 0 Å². The summed E-state index contributed by atoms with van der Waals surface area (Å²) in [5.41, 5.74) is 0.446. The Morgan fingerprint density at radius 1 is 1.29 bits per heavy atom. The van der Waals surface area contributed by atoms with Gasteiger partial charge >= 0.3 is 5.97 Å². The molecule has 0 aromatic heterocycles. The molecule has 0 unspecified atom stereocenters. The monoisotopic (exact) mass is 354 g/mol. The van der Waals surface area contributed by atoms with Crippen LogP contribution in [0.3, 0.4) is 0 Å². The van der Waals surface area contributed by atoms with Gasteiger partial charge in [0.25, 0.3) is 5.91 Å². The quantitative estimate of drug-likeness (QED) is 0.851. The van der Waals surface area contributed by atoms with Crippen molar-refractivity contribution < 1.29 is 19.5 Å². The molecule has 0 spiro atoms. The Morgan fingerprint density at radius 2 is 1.95 bits per heavy atom. The molecule has 1 heterocycles. The van der Waals surface area contributed by atoms with Crippen LogP contribution in [-0.4, -0.2) is 46.9 Å². The van der Waals surface area contributed by atoms with E-state index in [2.05, 4.69) is 21.2 Å². The lowest BCUT2D eigenvalue weighted by Crippen LogP contribution is -2.45. The van der Waals surface area contributed by atoms with Gasteiger partial charge in [-0.1, -0.05) is 15.9 Å². The third-order valence-electron chi connectivity index (χ3n) is 3.36. The molecule has 2 amide bonds. The van der Waals surface area contributed by atoms with Crippen molar-refractivity contribution in [3.05, 3.63) is 34.3 Å². The minimum Gasteiger partial charge on any atom is -0.480 e. The van der Waals surface area contributed by atoms with Crippen molar-refractivity contribution in [2.24, 2.45) is 0 Å². The van der Waals surface area contributed by atoms with E-state index < -0.39 is 12.0 Å². The van der Waals surface area contributed by atoms with Crippen LogP contribution in [0.15, 0.2) is 28.7 Å². The number of nitrogens with one attached hydrogen (secondary N) is 1. The van der Waals surface area contributed by atoms with E-state index in [0.29, 0.717) is 24.9 Å². The lowest BCUT2D eigenvalue weighted by Gasteiger charge is -2.21. The van der Waals surface area contributed by atoms with Crippen molar-refractivity contribution in [2.75, 3.05) is 13.1 Å². The summed E-state index contributed by atoms with van der Waals surface area (Å²) in [4.78, 5) is 36.2. The number of rotatable bonds is 4. The summed E-state index contributed by atoms with van der Waals surface area (Å²) in [6.07, 6.45) is 1.13. The molecule has 1 fully saturated rings. The van der Waals surface area contributed by atoms with Crippen LogP contribution in [0.5, 0.6) is 0 Å². The number of carboxylic acids is 1. The number of carboxylic acid groups (broad SMARTS) is 1. The lowest BCUT2D eigenvalue weighted by molar-refractivity contribution is -0.147. The molecule has 0 bridgehead atoms. The van der Waals surface area contributed by atoms with Crippen LogP contribution in [0.2, 0.25) is 0 Å². The van der Waals surface area contributed by atoms with Crippen molar-refractivity contribution in [2.45, 2.75) is 18.9 Å². The van der Waals surface area contributed by atoms with Gasteiger partial charge in [0.2, 0.25) is 5.91 Å². The molecule has 0 radical (unpaired) electrons. The number of carbonyl (C=O) groups is 3. The number of hydrogen-bond donors (Lipinski definition) is 2. The van der Waals surface area contributed by atoms with Gasteiger partial charge in [0, 0.05) is 16.6 Å². The Labute approximate surface area is 130 Å². The Bertz CT molecular complexity index is 559. The van der Waals surface area contributed by atoms with Gasteiger partial charge < -0.3 is 15.3 Å². The molecule has 0 saturated carbocycles. The van der Waals surface area contributed by atoms with Crippen LogP contribution in [0.25, 0.3) is 0 Å². The third kappa shape index (κ3) is 3.81. The zero-order valence-electron chi connectivity index (χ0n) is 11.2.